The Bertz CT molecular complexity index is 975. The SMILES string of the molecule is CC1CN(C2CCN(CC34CC(c5ccccc53)c3ccc(Cl)cc34)CC2)CC(C)O1. The van der Waals surface area contributed by atoms with Crippen molar-refractivity contribution in [3.05, 3.63) is 69.7 Å². The van der Waals surface area contributed by atoms with Gasteiger partial charge in [-0.05, 0) is 80.6 Å². The summed E-state index contributed by atoms with van der Waals surface area (Å²) in [7, 11) is 0. The Morgan fingerprint density at radius 1 is 0.968 bits per heavy atom. The van der Waals surface area contributed by atoms with Crippen LogP contribution in [0, 0.1) is 0 Å². The minimum absolute atomic E-state index is 0.107. The van der Waals surface area contributed by atoms with Gasteiger partial charge in [-0.1, -0.05) is 41.9 Å². The van der Waals surface area contributed by atoms with Crippen LogP contribution in [-0.2, 0) is 10.2 Å². The van der Waals surface area contributed by atoms with Gasteiger partial charge in [0, 0.05) is 42.0 Å². The second-order valence-corrected chi connectivity index (χ2v) is 10.8. The molecule has 31 heavy (non-hydrogen) atoms. The first-order chi connectivity index (χ1) is 15.0. The van der Waals surface area contributed by atoms with Crippen molar-refractivity contribution in [1.82, 2.24) is 9.80 Å². The van der Waals surface area contributed by atoms with Gasteiger partial charge in [-0.15, -0.1) is 0 Å². The lowest BCUT2D eigenvalue weighted by Crippen LogP contribution is -2.54. The molecule has 4 atom stereocenters. The van der Waals surface area contributed by atoms with E-state index in [0.29, 0.717) is 24.2 Å². The summed E-state index contributed by atoms with van der Waals surface area (Å²) >= 11 is 6.49. The maximum absolute atomic E-state index is 6.49. The van der Waals surface area contributed by atoms with Crippen molar-refractivity contribution in [2.75, 3.05) is 32.7 Å². The lowest BCUT2D eigenvalue weighted by Gasteiger charge is -2.45. The molecular weight excluding hydrogens is 404 g/mol. The molecule has 0 N–H and O–H groups in total. The predicted octanol–water partition coefficient (Wildman–Crippen LogP) is 5.05. The van der Waals surface area contributed by atoms with Crippen LogP contribution in [0.2, 0.25) is 5.02 Å². The van der Waals surface area contributed by atoms with Crippen LogP contribution in [0.5, 0.6) is 0 Å². The highest BCUT2D eigenvalue weighted by Crippen LogP contribution is 2.60. The fraction of sp³-hybridized carbons (Fsp3) is 0.556. The number of benzene rings is 2. The molecule has 4 unspecified atom stereocenters. The van der Waals surface area contributed by atoms with Crippen LogP contribution in [0.3, 0.4) is 0 Å². The largest absolute Gasteiger partial charge is 0.373 e. The minimum atomic E-state index is 0.107. The molecule has 2 bridgehead atoms. The second kappa shape index (κ2) is 7.59. The Labute approximate surface area is 191 Å². The molecule has 6 rings (SSSR count). The number of nitrogens with zero attached hydrogens (tertiary/aromatic N) is 2. The molecule has 2 aromatic rings. The van der Waals surface area contributed by atoms with Gasteiger partial charge in [0.2, 0.25) is 0 Å². The molecule has 0 radical (unpaired) electrons. The monoisotopic (exact) mass is 436 g/mol. The van der Waals surface area contributed by atoms with E-state index >= 15 is 0 Å². The Morgan fingerprint density at radius 2 is 1.68 bits per heavy atom. The maximum Gasteiger partial charge on any atom is 0.0678 e. The van der Waals surface area contributed by atoms with E-state index in [1.807, 2.05) is 0 Å². The van der Waals surface area contributed by atoms with Crippen molar-refractivity contribution >= 4 is 11.6 Å². The summed E-state index contributed by atoms with van der Waals surface area (Å²) < 4.78 is 5.96. The van der Waals surface area contributed by atoms with Crippen LogP contribution in [0.4, 0.5) is 0 Å². The highest BCUT2D eigenvalue weighted by atomic mass is 35.5. The van der Waals surface area contributed by atoms with Gasteiger partial charge in [-0.3, -0.25) is 4.90 Å². The number of hydrogen-bond acceptors (Lipinski definition) is 3. The number of likely N-dealkylation sites (tertiary alicyclic amines) is 1. The first-order valence-corrected chi connectivity index (χ1v) is 12.4. The summed E-state index contributed by atoms with van der Waals surface area (Å²) in [5.74, 6) is 0.539. The molecule has 2 fully saturated rings. The highest BCUT2D eigenvalue weighted by molar-refractivity contribution is 6.30. The fourth-order valence-electron chi connectivity index (χ4n) is 7.16. The third-order valence-corrected chi connectivity index (χ3v) is 8.56. The quantitative estimate of drug-likeness (QED) is 0.669. The second-order valence-electron chi connectivity index (χ2n) is 10.4. The Balaban J connectivity index is 1.23. The lowest BCUT2D eigenvalue weighted by molar-refractivity contribution is -0.0866. The molecule has 2 aliphatic heterocycles. The van der Waals surface area contributed by atoms with Crippen LogP contribution < -0.4 is 0 Å². The number of morpholine rings is 1. The molecule has 3 nitrogen and oxygen atoms in total. The first-order valence-electron chi connectivity index (χ1n) is 12.0. The van der Waals surface area contributed by atoms with E-state index in [0.717, 1.165) is 24.7 Å². The number of ether oxygens (including phenoxy) is 1. The van der Waals surface area contributed by atoms with Crippen LogP contribution in [0.25, 0.3) is 0 Å². The molecule has 164 valence electrons. The number of halogens is 1. The number of rotatable bonds is 3. The highest BCUT2D eigenvalue weighted by Gasteiger charge is 2.53. The summed E-state index contributed by atoms with van der Waals surface area (Å²) in [6.07, 6.45) is 4.45. The minimum Gasteiger partial charge on any atom is -0.373 e. The topological polar surface area (TPSA) is 15.7 Å². The molecule has 2 saturated heterocycles. The summed E-state index contributed by atoms with van der Waals surface area (Å²) in [6.45, 7) is 10.1. The fourth-order valence-corrected chi connectivity index (χ4v) is 7.33. The molecule has 2 aromatic carbocycles. The lowest BCUT2D eigenvalue weighted by atomic mass is 9.74. The molecule has 0 amide bonds. The molecule has 0 spiro atoms. The van der Waals surface area contributed by atoms with Crippen molar-refractivity contribution in [2.24, 2.45) is 0 Å². The summed E-state index contributed by atoms with van der Waals surface area (Å²) in [5, 5.41) is 0.873. The van der Waals surface area contributed by atoms with Gasteiger partial charge in [0.15, 0.2) is 0 Å². The molecule has 4 aliphatic rings. The summed E-state index contributed by atoms with van der Waals surface area (Å²) in [6, 6.07) is 16.5. The first kappa shape index (κ1) is 20.2. The van der Waals surface area contributed by atoms with Gasteiger partial charge < -0.3 is 9.64 Å². The van der Waals surface area contributed by atoms with Crippen LogP contribution in [0.1, 0.15) is 61.3 Å². The zero-order chi connectivity index (χ0) is 21.2. The van der Waals surface area contributed by atoms with E-state index < -0.39 is 0 Å². The number of hydrogen-bond donors (Lipinski definition) is 0. The van der Waals surface area contributed by atoms with E-state index in [1.54, 1.807) is 11.1 Å². The Kier molecular flexibility index (Phi) is 4.95. The van der Waals surface area contributed by atoms with E-state index in [1.165, 1.54) is 43.5 Å². The molecule has 2 aliphatic carbocycles. The van der Waals surface area contributed by atoms with Crippen LogP contribution in [0.15, 0.2) is 42.5 Å². The van der Waals surface area contributed by atoms with Gasteiger partial charge in [0.1, 0.15) is 0 Å². The van der Waals surface area contributed by atoms with Crippen LogP contribution >= 0.6 is 11.6 Å². The van der Waals surface area contributed by atoms with E-state index in [9.17, 15) is 0 Å². The van der Waals surface area contributed by atoms with Gasteiger partial charge in [-0.2, -0.15) is 0 Å². The van der Waals surface area contributed by atoms with Crippen molar-refractivity contribution < 1.29 is 4.74 Å². The smallest absolute Gasteiger partial charge is 0.0678 e. The average molecular weight is 437 g/mol. The molecule has 0 saturated carbocycles. The van der Waals surface area contributed by atoms with Gasteiger partial charge >= 0.3 is 0 Å². The predicted molar refractivity (Wildman–Crippen MR) is 126 cm³/mol. The van der Waals surface area contributed by atoms with Crippen LogP contribution in [-0.4, -0.2) is 60.8 Å². The normalized spacial score (nSPS) is 33.5. The van der Waals surface area contributed by atoms with E-state index in [2.05, 4.69) is 66.1 Å². The van der Waals surface area contributed by atoms with Crippen molar-refractivity contribution in [1.29, 1.82) is 0 Å². The molecule has 4 heteroatoms. The standard InChI is InChI=1S/C27H33ClN2O/c1-18-15-30(16-19(2)31-18)21-9-11-29(12-10-21)17-27-14-24(22-5-3-4-6-25(22)27)23-8-7-20(28)13-26(23)27/h3-8,13,18-19,21,24H,9-12,14-17H2,1-2H3. The third-order valence-electron chi connectivity index (χ3n) is 8.33. The van der Waals surface area contributed by atoms with Gasteiger partial charge in [-0.25, -0.2) is 0 Å². The van der Waals surface area contributed by atoms with Crippen molar-refractivity contribution in [2.45, 2.75) is 62.7 Å². The van der Waals surface area contributed by atoms with Gasteiger partial charge in [0.05, 0.1) is 12.2 Å². The molecule has 2 heterocycles. The zero-order valence-electron chi connectivity index (χ0n) is 18.7. The van der Waals surface area contributed by atoms with E-state index in [4.69, 9.17) is 16.3 Å². The van der Waals surface area contributed by atoms with Crippen molar-refractivity contribution in [3.8, 4) is 0 Å². The third kappa shape index (κ3) is 3.28. The molecule has 0 aromatic heterocycles. The van der Waals surface area contributed by atoms with E-state index in [-0.39, 0.29) is 5.41 Å². The Hall–Kier alpha value is -1.39. The maximum atomic E-state index is 6.49. The van der Waals surface area contributed by atoms with Gasteiger partial charge in [0.25, 0.3) is 0 Å². The number of fused-ring (bicyclic) bond motifs is 8. The zero-order valence-corrected chi connectivity index (χ0v) is 19.4. The average Bonchev–Trinajstić information content (AvgIpc) is 3.25. The number of piperidine rings is 1. The molecular formula is C27H33ClN2O. The summed E-state index contributed by atoms with van der Waals surface area (Å²) in [4.78, 5) is 5.43. The Morgan fingerprint density at radius 3 is 2.45 bits per heavy atom. The van der Waals surface area contributed by atoms with Crippen molar-refractivity contribution in [3.63, 3.8) is 0 Å². The summed E-state index contributed by atoms with van der Waals surface area (Å²) in [5.41, 5.74) is 6.20.